The van der Waals surface area contributed by atoms with Gasteiger partial charge in [-0.1, -0.05) is 6.42 Å². The third-order valence-corrected chi connectivity index (χ3v) is 4.75. The minimum atomic E-state index is -0.224. The van der Waals surface area contributed by atoms with Gasteiger partial charge in [0.25, 0.3) is 0 Å². The molecule has 0 spiro atoms. The van der Waals surface area contributed by atoms with Crippen LogP contribution in [0.1, 0.15) is 30.7 Å². The molecular weight excluding hydrogens is 268 g/mol. The van der Waals surface area contributed by atoms with Crippen LogP contribution in [-0.2, 0) is 11.3 Å². The Hall–Kier alpha value is -1.17. The summed E-state index contributed by atoms with van der Waals surface area (Å²) < 4.78 is 5.63. The second kappa shape index (κ2) is 6.30. The first-order valence-corrected chi connectivity index (χ1v) is 7.80. The quantitative estimate of drug-likeness (QED) is 0.883. The maximum atomic E-state index is 10.2. The van der Waals surface area contributed by atoms with Gasteiger partial charge in [0.1, 0.15) is 5.75 Å². The zero-order valence-corrected chi connectivity index (χ0v) is 12.5. The van der Waals surface area contributed by atoms with Crippen molar-refractivity contribution in [2.75, 3.05) is 19.8 Å². The summed E-state index contributed by atoms with van der Waals surface area (Å²) in [6, 6.07) is 3.74. The topological polar surface area (TPSA) is 65.8 Å². The number of aromatic nitrogens is 1. The van der Waals surface area contributed by atoms with Crippen LogP contribution in [0.3, 0.4) is 0 Å². The fourth-order valence-electron chi connectivity index (χ4n) is 3.58. The van der Waals surface area contributed by atoms with Gasteiger partial charge in [-0.25, -0.2) is 0 Å². The Kier molecular flexibility index (Phi) is 4.42. The minimum Gasteiger partial charge on any atom is -0.506 e. The van der Waals surface area contributed by atoms with Crippen LogP contribution >= 0.6 is 0 Å². The zero-order chi connectivity index (χ0) is 14.8. The highest BCUT2D eigenvalue weighted by atomic mass is 16.5. The van der Waals surface area contributed by atoms with Gasteiger partial charge in [-0.05, 0) is 31.9 Å². The van der Waals surface area contributed by atoms with Crippen LogP contribution in [-0.4, -0.2) is 52.0 Å². The van der Waals surface area contributed by atoms with E-state index in [1.165, 1.54) is 0 Å². The molecule has 1 aromatic rings. The van der Waals surface area contributed by atoms with Crippen molar-refractivity contribution >= 4 is 0 Å². The van der Waals surface area contributed by atoms with E-state index in [-0.39, 0.29) is 23.8 Å². The molecule has 0 bridgehead atoms. The zero-order valence-electron chi connectivity index (χ0n) is 12.5. The molecule has 5 heteroatoms. The summed E-state index contributed by atoms with van der Waals surface area (Å²) in [5.74, 6) is 0.523. The number of aliphatic hydroxyl groups excluding tert-OH is 1. The third-order valence-electron chi connectivity index (χ3n) is 4.75. The largest absolute Gasteiger partial charge is 0.506 e. The molecule has 0 radical (unpaired) electrons. The van der Waals surface area contributed by atoms with E-state index < -0.39 is 0 Å². The van der Waals surface area contributed by atoms with Gasteiger partial charge in [0.2, 0.25) is 0 Å². The smallest absolute Gasteiger partial charge is 0.138 e. The SMILES string of the molecule is Cc1ccc(O)c(CN2CCOC[C@@H]2[C@@H]2CCC[C@@H]2O)n1. The van der Waals surface area contributed by atoms with Crippen molar-refractivity contribution in [3.63, 3.8) is 0 Å². The molecule has 2 heterocycles. The van der Waals surface area contributed by atoms with Crippen LogP contribution in [0.15, 0.2) is 12.1 Å². The number of pyridine rings is 1. The van der Waals surface area contributed by atoms with E-state index >= 15 is 0 Å². The molecule has 21 heavy (non-hydrogen) atoms. The van der Waals surface area contributed by atoms with E-state index in [2.05, 4.69) is 9.88 Å². The van der Waals surface area contributed by atoms with Crippen LogP contribution < -0.4 is 0 Å². The molecule has 1 saturated carbocycles. The van der Waals surface area contributed by atoms with Crippen molar-refractivity contribution in [3.8, 4) is 5.75 Å². The molecule has 0 amide bonds. The first-order valence-electron chi connectivity index (χ1n) is 7.80. The normalized spacial score (nSPS) is 30.7. The number of aromatic hydroxyl groups is 1. The Labute approximate surface area is 125 Å². The lowest BCUT2D eigenvalue weighted by atomic mass is 9.94. The van der Waals surface area contributed by atoms with E-state index in [0.29, 0.717) is 19.8 Å². The number of morpholine rings is 1. The number of ether oxygens (including phenoxy) is 1. The van der Waals surface area contributed by atoms with Gasteiger partial charge in [0.05, 0.1) is 25.0 Å². The lowest BCUT2D eigenvalue weighted by Crippen LogP contribution is -2.50. The van der Waals surface area contributed by atoms with Crippen molar-refractivity contribution in [1.82, 2.24) is 9.88 Å². The van der Waals surface area contributed by atoms with E-state index in [9.17, 15) is 10.2 Å². The highest BCUT2D eigenvalue weighted by Crippen LogP contribution is 2.33. The average Bonchev–Trinajstić information content (AvgIpc) is 2.90. The molecular formula is C16H24N2O3. The molecule has 1 aliphatic carbocycles. The lowest BCUT2D eigenvalue weighted by molar-refractivity contribution is -0.0542. The molecule has 1 saturated heterocycles. The minimum absolute atomic E-state index is 0.220. The van der Waals surface area contributed by atoms with Gasteiger partial charge < -0.3 is 14.9 Å². The lowest BCUT2D eigenvalue weighted by Gasteiger charge is -2.40. The summed E-state index contributed by atoms with van der Waals surface area (Å²) in [6.45, 7) is 4.73. The molecule has 1 aliphatic heterocycles. The van der Waals surface area contributed by atoms with Crippen LogP contribution in [0.4, 0.5) is 0 Å². The molecule has 2 N–H and O–H groups in total. The average molecular weight is 292 g/mol. The van der Waals surface area contributed by atoms with E-state index in [1.54, 1.807) is 6.07 Å². The van der Waals surface area contributed by atoms with E-state index in [1.807, 2.05) is 13.0 Å². The highest BCUT2D eigenvalue weighted by Gasteiger charge is 2.37. The predicted molar refractivity (Wildman–Crippen MR) is 79.0 cm³/mol. The van der Waals surface area contributed by atoms with Crippen molar-refractivity contribution in [2.24, 2.45) is 5.92 Å². The number of nitrogens with zero attached hydrogens (tertiary/aromatic N) is 2. The molecule has 116 valence electrons. The first-order chi connectivity index (χ1) is 10.1. The number of aliphatic hydroxyl groups is 1. The Morgan fingerprint density at radius 2 is 2.24 bits per heavy atom. The summed E-state index contributed by atoms with van der Waals surface area (Å²) in [5.41, 5.74) is 1.63. The Balaban J connectivity index is 1.76. The molecule has 2 fully saturated rings. The maximum absolute atomic E-state index is 10.2. The monoisotopic (exact) mass is 292 g/mol. The standard InChI is InChI=1S/C16H24N2O3/c1-11-5-6-16(20)13(17-11)9-18-7-8-21-10-14(18)12-3-2-4-15(12)19/h5-6,12,14-15,19-20H,2-4,7-10H2,1H3/t12-,14+,15-/m0/s1. The van der Waals surface area contributed by atoms with Crippen molar-refractivity contribution in [1.29, 1.82) is 0 Å². The van der Waals surface area contributed by atoms with E-state index in [0.717, 1.165) is 37.2 Å². The summed E-state index contributed by atoms with van der Waals surface area (Å²) >= 11 is 0. The molecule has 3 atom stereocenters. The second-order valence-corrected chi connectivity index (χ2v) is 6.19. The number of hydrogen-bond donors (Lipinski definition) is 2. The summed E-state index contributed by atoms with van der Waals surface area (Å²) in [4.78, 5) is 6.76. The Morgan fingerprint density at radius 1 is 1.38 bits per heavy atom. The summed E-state index contributed by atoms with van der Waals surface area (Å²) in [5, 5.41) is 20.2. The Bertz CT molecular complexity index is 494. The van der Waals surface area contributed by atoms with Gasteiger partial charge in [-0.3, -0.25) is 9.88 Å². The van der Waals surface area contributed by atoms with Gasteiger partial charge >= 0.3 is 0 Å². The second-order valence-electron chi connectivity index (χ2n) is 6.19. The maximum Gasteiger partial charge on any atom is 0.138 e. The number of hydrogen-bond acceptors (Lipinski definition) is 5. The van der Waals surface area contributed by atoms with Crippen molar-refractivity contribution in [3.05, 3.63) is 23.5 Å². The predicted octanol–water partition coefficient (Wildman–Crippen LogP) is 1.46. The van der Waals surface area contributed by atoms with Gasteiger partial charge in [-0.2, -0.15) is 0 Å². The van der Waals surface area contributed by atoms with Crippen LogP contribution in [0.5, 0.6) is 5.75 Å². The number of rotatable bonds is 3. The van der Waals surface area contributed by atoms with Gasteiger partial charge in [-0.15, -0.1) is 0 Å². The fraction of sp³-hybridized carbons (Fsp3) is 0.688. The Morgan fingerprint density at radius 3 is 3.00 bits per heavy atom. The third kappa shape index (κ3) is 3.20. The van der Waals surface area contributed by atoms with Crippen LogP contribution in [0.2, 0.25) is 0 Å². The van der Waals surface area contributed by atoms with Crippen molar-refractivity contribution in [2.45, 2.75) is 44.9 Å². The van der Waals surface area contributed by atoms with E-state index in [4.69, 9.17) is 4.74 Å². The molecule has 0 aromatic carbocycles. The fourth-order valence-corrected chi connectivity index (χ4v) is 3.58. The van der Waals surface area contributed by atoms with Crippen LogP contribution in [0.25, 0.3) is 0 Å². The van der Waals surface area contributed by atoms with Gasteiger partial charge in [0.15, 0.2) is 0 Å². The molecule has 1 aromatic heterocycles. The molecule has 2 aliphatic rings. The molecule has 0 unspecified atom stereocenters. The summed E-state index contributed by atoms with van der Waals surface area (Å²) in [7, 11) is 0. The molecule has 5 nitrogen and oxygen atoms in total. The first kappa shape index (κ1) is 14.8. The summed E-state index contributed by atoms with van der Waals surface area (Å²) in [6.07, 6.45) is 2.81. The van der Waals surface area contributed by atoms with Gasteiger partial charge in [0, 0.05) is 30.7 Å². The highest BCUT2D eigenvalue weighted by molar-refractivity contribution is 5.27. The van der Waals surface area contributed by atoms with Crippen molar-refractivity contribution < 1.29 is 14.9 Å². The number of aryl methyl sites for hydroxylation is 1. The van der Waals surface area contributed by atoms with Crippen LogP contribution in [0, 0.1) is 12.8 Å². The molecule has 3 rings (SSSR count).